The summed E-state index contributed by atoms with van der Waals surface area (Å²) in [6.07, 6.45) is 5.44. The van der Waals surface area contributed by atoms with Crippen molar-refractivity contribution >= 4 is 5.78 Å². The Balaban J connectivity index is 2.46. The van der Waals surface area contributed by atoms with Crippen LogP contribution < -0.4 is 5.32 Å². The van der Waals surface area contributed by atoms with Crippen molar-refractivity contribution in [1.29, 1.82) is 0 Å². The van der Waals surface area contributed by atoms with Gasteiger partial charge in [-0.1, -0.05) is 13.0 Å². The molecular weight excluding hydrogens is 162 g/mol. The first-order chi connectivity index (χ1) is 6.19. The molecule has 0 spiro atoms. The van der Waals surface area contributed by atoms with E-state index in [2.05, 4.69) is 18.8 Å². The summed E-state index contributed by atoms with van der Waals surface area (Å²) in [5.41, 5.74) is -0.110. The minimum absolute atomic E-state index is 0.110. The summed E-state index contributed by atoms with van der Waals surface area (Å²) < 4.78 is 0. The van der Waals surface area contributed by atoms with Crippen molar-refractivity contribution in [2.24, 2.45) is 5.41 Å². The topological polar surface area (TPSA) is 29.1 Å². The average molecular weight is 181 g/mol. The molecule has 1 atom stereocenters. The maximum atomic E-state index is 11.8. The van der Waals surface area contributed by atoms with Crippen LogP contribution in [0, 0.1) is 5.41 Å². The molecule has 1 aliphatic rings. The van der Waals surface area contributed by atoms with Crippen LogP contribution in [0.4, 0.5) is 0 Å². The van der Waals surface area contributed by atoms with Gasteiger partial charge in [0.1, 0.15) is 5.78 Å². The fourth-order valence-corrected chi connectivity index (χ4v) is 1.83. The third-order valence-electron chi connectivity index (χ3n) is 2.85. The maximum absolute atomic E-state index is 11.8. The van der Waals surface area contributed by atoms with Crippen molar-refractivity contribution in [3.05, 3.63) is 12.7 Å². The molecule has 74 valence electrons. The monoisotopic (exact) mass is 181 g/mol. The molecular formula is C11H19NO. The van der Waals surface area contributed by atoms with E-state index in [1.165, 1.54) is 0 Å². The molecule has 1 rings (SSSR count). The standard InChI is InChI=1S/C11H19NO/c1-3-4-6-10(13)11(2)7-5-8-12-9-11/h3,12H,1,4-9H2,2H3. The second-order valence-electron chi connectivity index (χ2n) is 4.09. The molecule has 1 heterocycles. The van der Waals surface area contributed by atoms with E-state index in [0.717, 1.165) is 32.4 Å². The molecule has 0 radical (unpaired) electrons. The number of nitrogens with one attached hydrogen (secondary N) is 1. The van der Waals surface area contributed by atoms with Gasteiger partial charge in [-0.2, -0.15) is 0 Å². The first-order valence-electron chi connectivity index (χ1n) is 5.04. The summed E-state index contributed by atoms with van der Waals surface area (Å²) in [5, 5.41) is 3.29. The first kappa shape index (κ1) is 10.5. The van der Waals surface area contributed by atoms with E-state index in [9.17, 15) is 4.79 Å². The molecule has 2 nitrogen and oxygen atoms in total. The summed E-state index contributed by atoms with van der Waals surface area (Å²) in [6.45, 7) is 7.62. The molecule has 0 saturated carbocycles. The molecule has 1 fully saturated rings. The van der Waals surface area contributed by atoms with Crippen molar-refractivity contribution in [3.63, 3.8) is 0 Å². The van der Waals surface area contributed by atoms with Crippen molar-refractivity contribution in [2.45, 2.75) is 32.6 Å². The first-order valence-corrected chi connectivity index (χ1v) is 5.04. The molecule has 1 aliphatic heterocycles. The van der Waals surface area contributed by atoms with Gasteiger partial charge in [0.05, 0.1) is 0 Å². The molecule has 0 amide bonds. The van der Waals surface area contributed by atoms with Crippen LogP contribution in [0.2, 0.25) is 0 Å². The normalized spacial score (nSPS) is 28.4. The Morgan fingerprint density at radius 3 is 3.00 bits per heavy atom. The second kappa shape index (κ2) is 4.56. The lowest BCUT2D eigenvalue weighted by Crippen LogP contribution is -2.43. The SMILES string of the molecule is C=CCCC(=O)C1(C)CCCNC1. The molecule has 0 aromatic heterocycles. The number of allylic oxidation sites excluding steroid dienone is 1. The van der Waals surface area contributed by atoms with Gasteiger partial charge in [0.15, 0.2) is 0 Å². The van der Waals surface area contributed by atoms with Crippen LogP contribution in [0.5, 0.6) is 0 Å². The molecule has 1 saturated heterocycles. The molecule has 1 unspecified atom stereocenters. The lowest BCUT2D eigenvalue weighted by Gasteiger charge is -2.32. The molecule has 1 N–H and O–H groups in total. The Morgan fingerprint density at radius 2 is 2.46 bits per heavy atom. The van der Waals surface area contributed by atoms with Gasteiger partial charge in [-0.3, -0.25) is 4.79 Å². The Hall–Kier alpha value is -0.630. The number of Topliss-reactive ketones (excluding diaryl/α,β-unsaturated/α-hetero) is 1. The van der Waals surface area contributed by atoms with E-state index in [4.69, 9.17) is 0 Å². The second-order valence-corrected chi connectivity index (χ2v) is 4.09. The summed E-state index contributed by atoms with van der Waals surface area (Å²) in [5.74, 6) is 0.389. The largest absolute Gasteiger partial charge is 0.316 e. The van der Waals surface area contributed by atoms with Gasteiger partial charge in [0, 0.05) is 18.4 Å². The zero-order chi connectivity index (χ0) is 9.73. The van der Waals surface area contributed by atoms with Crippen molar-refractivity contribution in [1.82, 2.24) is 5.32 Å². The van der Waals surface area contributed by atoms with Crippen molar-refractivity contribution in [2.75, 3.05) is 13.1 Å². The lowest BCUT2D eigenvalue weighted by molar-refractivity contribution is -0.128. The quantitative estimate of drug-likeness (QED) is 0.671. The van der Waals surface area contributed by atoms with Gasteiger partial charge >= 0.3 is 0 Å². The van der Waals surface area contributed by atoms with Crippen LogP contribution in [-0.2, 0) is 4.79 Å². The van der Waals surface area contributed by atoms with Crippen LogP contribution in [0.25, 0.3) is 0 Å². The summed E-state index contributed by atoms with van der Waals surface area (Å²) >= 11 is 0. The Kier molecular flexibility index (Phi) is 3.67. The minimum atomic E-state index is -0.110. The van der Waals surface area contributed by atoms with Crippen LogP contribution in [-0.4, -0.2) is 18.9 Å². The van der Waals surface area contributed by atoms with E-state index in [-0.39, 0.29) is 5.41 Å². The molecule has 13 heavy (non-hydrogen) atoms. The zero-order valence-electron chi connectivity index (χ0n) is 8.44. The molecule has 2 heteroatoms. The lowest BCUT2D eigenvalue weighted by atomic mass is 9.77. The van der Waals surface area contributed by atoms with Crippen LogP contribution in [0.3, 0.4) is 0 Å². The zero-order valence-corrected chi connectivity index (χ0v) is 8.44. The van der Waals surface area contributed by atoms with E-state index in [0.29, 0.717) is 12.2 Å². The van der Waals surface area contributed by atoms with Gasteiger partial charge in [0.2, 0.25) is 0 Å². The maximum Gasteiger partial charge on any atom is 0.140 e. The third kappa shape index (κ3) is 2.66. The third-order valence-corrected chi connectivity index (χ3v) is 2.85. The van der Waals surface area contributed by atoms with Gasteiger partial charge < -0.3 is 5.32 Å². The van der Waals surface area contributed by atoms with Gasteiger partial charge in [-0.25, -0.2) is 0 Å². The highest BCUT2D eigenvalue weighted by Crippen LogP contribution is 2.28. The molecule has 0 aromatic carbocycles. The Labute approximate surface area is 80.4 Å². The number of rotatable bonds is 4. The summed E-state index contributed by atoms with van der Waals surface area (Å²) in [4.78, 5) is 11.8. The highest BCUT2D eigenvalue weighted by Gasteiger charge is 2.33. The van der Waals surface area contributed by atoms with E-state index >= 15 is 0 Å². The van der Waals surface area contributed by atoms with E-state index < -0.39 is 0 Å². The fourth-order valence-electron chi connectivity index (χ4n) is 1.83. The number of ketones is 1. The van der Waals surface area contributed by atoms with Gasteiger partial charge in [0.25, 0.3) is 0 Å². The minimum Gasteiger partial charge on any atom is -0.316 e. The predicted molar refractivity (Wildman–Crippen MR) is 54.6 cm³/mol. The van der Waals surface area contributed by atoms with Gasteiger partial charge in [-0.15, -0.1) is 6.58 Å². The molecule has 0 aliphatic carbocycles. The molecule has 0 bridgehead atoms. The van der Waals surface area contributed by atoms with Gasteiger partial charge in [-0.05, 0) is 25.8 Å². The van der Waals surface area contributed by atoms with Crippen LogP contribution >= 0.6 is 0 Å². The average Bonchev–Trinajstić information content (AvgIpc) is 2.15. The highest BCUT2D eigenvalue weighted by atomic mass is 16.1. The number of hydrogen-bond donors (Lipinski definition) is 1. The van der Waals surface area contributed by atoms with E-state index in [1.54, 1.807) is 0 Å². The smallest absolute Gasteiger partial charge is 0.140 e. The Bertz CT molecular complexity index is 192. The van der Waals surface area contributed by atoms with Crippen molar-refractivity contribution < 1.29 is 4.79 Å². The fraction of sp³-hybridized carbons (Fsp3) is 0.727. The molecule has 0 aromatic rings. The number of piperidine rings is 1. The number of hydrogen-bond acceptors (Lipinski definition) is 2. The van der Waals surface area contributed by atoms with Crippen LogP contribution in [0.1, 0.15) is 32.6 Å². The number of carbonyl (C=O) groups is 1. The predicted octanol–water partition coefficient (Wildman–Crippen LogP) is 1.91. The van der Waals surface area contributed by atoms with Crippen LogP contribution in [0.15, 0.2) is 12.7 Å². The number of carbonyl (C=O) groups excluding carboxylic acids is 1. The van der Waals surface area contributed by atoms with E-state index in [1.807, 2.05) is 6.08 Å². The van der Waals surface area contributed by atoms with Crippen molar-refractivity contribution in [3.8, 4) is 0 Å². The Morgan fingerprint density at radius 1 is 1.69 bits per heavy atom. The summed E-state index contributed by atoms with van der Waals surface area (Å²) in [6, 6.07) is 0. The summed E-state index contributed by atoms with van der Waals surface area (Å²) in [7, 11) is 0. The highest BCUT2D eigenvalue weighted by molar-refractivity contribution is 5.84.